The Kier molecular flexibility index (Phi) is 3.46. The first-order chi connectivity index (χ1) is 8.08. The lowest BCUT2D eigenvalue weighted by Crippen LogP contribution is -2.08. The Balaban J connectivity index is 2.37. The van der Waals surface area contributed by atoms with E-state index in [2.05, 4.69) is 27.6 Å². The molecular formula is C12H11IN2O2. The molecule has 0 saturated carbocycles. The van der Waals surface area contributed by atoms with Gasteiger partial charge in [-0.15, -0.1) is 0 Å². The van der Waals surface area contributed by atoms with Gasteiger partial charge in [-0.05, 0) is 34.7 Å². The third-order valence-corrected chi connectivity index (χ3v) is 3.05. The number of hydrogen-bond donors (Lipinski definition) is 0. The predicted molar refractivity (Wildman–Crippen MR) is 73.6 cm³/mol. The minimum atomic E-state index is -0.409. The molecule has 0 fully saturated rings. The van der Waals surface area contributed by atoms with Gasteiger partial charge in [0, 0.05) is 23.9 Å². The second kappa shape index (κ2) is 4.87. The van der Waals surface area contributed by atoms with Crippen molar-refractivity contribution >= 4 is 34.5 Å². The van der Waals surface area contributed by atoms with Crippen molar-refractivity contribution in [2.24, 2.45) is 4.99 Å². The average Bonchev–Trinajstić information content (AvgIpc) is 2.60. The van der Waals surface area contributed by atoms with Gasteiger partial charge < -0.3 is 9.64 Å². The lowest BCUT2D eigenvalue weighted by Gasteiger charge is -2.02. The average molecular weight is 342 g/mol. The summed E-state index contributed by atoms with van der Waals surface area (Å²) >= 11 is 2.19. The second-order valence-corrected chi connectivity index (χ2v) is 4.93. The molecular weight excluding hydrogens is 331 g/mol. The van der Waals surface area contributed by atoms with Crippen molar-refractivity contribution in [1.82, 2.24) is 4.90 Å². The van der Waals surface area contributed by atoms with Crippen molar-refractivity contribution in [2.45, 2.75) is 0 Å². The van der Waals surface area contributed by atoms with E-state index in [4.69, 9.17) is 4.74 Å². The molecule has 0 aromatic heterocycles. The first-order valence-electron chi connectivity index (χ1n) is 5.02. The Morgan fingerprint density at radius 1 is 1.35 bits per heavy atom. The van der Waals surface area contributed by atoms with Crippen LogP contribution in [0.2, 0.25) is 0 Å². The zero-order chi connectivity index (χ0) is 12.4. The highest BCUT2D eigenvalue weighted by Crippen LogP contribution is 2.20. The predicted octanol–water partition coefficient (Wildman–Crippen LogP) is 2.00. The molecule has 17 heavy (non-hydrogen) atoms. The van der Waals surface area contributed by atoms with Gasteiger partial charge in [-0.25, -0.2) is 9.79 Å². The van der Waals surface area contributed by atoms with E-state index in [0.717, 1.165) is 9.13 Å². The number of ether oxygens (including phenoxy) is 1. The number of hydrogen-bond acceptors (Lipinski definition) is 4. The molecule has 2 rings (SSSR count). The summed E-state index contributed by atoms with van der Waals surface area (Å²) in [4.78, 5) is 17.5. The van der Waals surface area contributed by atoms with Gasteiger partial charge in [0.05, 0.1) is 5.56 Å². The summed E-state index contributed by atoms with van der Waals surface area (Å²) < 4.78 is 6.16. The van der Waals surface area contributed by atoms with Gasteiger partial charge in [-0.3, -0.25) is 0 Å². The van der Waals surface area contributed by atoms with Crippen molar-refractivity contribution in [3.63, 3.8) is 0 Å². The lowest BCUT2D eigenvalue weighted by molar-refractivity contribution is -0.130. The maximum Gasteiger partial charge on any atom is 0.365 e. The van der Waals surface area contributed by atoms with Crippen LogP contribution in [0.3, 0.4) is 0 Å². The van der Waals surface area contributed by atoms with Crippen LogP contribution in [0.4, 0.5) is 0 Å². The molecule has 4 nitrogen and oxygen atoms in total. The lowest BCUT2D eigenvalue weighted by atomic mass is 10.2. The minimum Gasteiger partial charge on any atom is -0.402 e. The number of rotatable bonds is 2. The molecule has 0 spiro atoms. The van der Waals surface area contributed by atoms with Crippen LogP contribution < -0.4 is 0 Å². The molecule has 5 heteroatoms. The summed E-state index contributed by atoms with van der Waals surface area (Å²) in [5, 5.41) is 0. The molecule has 0 unspecified atom stereocenters. The molecule has 0 N–H and O–H groups in total. The van der Waals surface area contributed by atoms with Crippen LogP contribution >= 0.6 is 22.6 Å². The number of nitrogens with zero attached hydrogens (tertiary/aromatic N) is 2. The fourth-order valence-corrected chi connectivity index (χ4v) is 2.01. The Morgan fingerprint density at radius 3 is 2.71 bits per heavy atom. The molecule has 88 valence electrons. The third-order valence-electron chi connectivity index (χ3n) is 2.11. The largest absolute Gasteiger partial charge is 0.402 e. The molecule has 0 radical (unpaired) electrons. The summed E-state index contributed by atoms with van der Waals surface area (Å²) in [5.74, 6) is -0.0403. The monoisotopic (exact) mass is 342 g/mol. The first kappa shape index (κ1) is 12.1. The van der Waals surface area contributed by atoms with E-state index in [1.54, 1.807) is 11.1 Å². The molecule has 0 aliphatic carbocycles. The summed E-state index contributed by atoms with van der Waals surface area (Å²) in [6.45, 7) is 0. The molecule has 1 aliphatic heterocycles. The van der Waals surface area contributed by atoms with Crippen LogP contribution in [0, 0.1) is 3.57 Å². The van der Waals surface area contributed by atoms with Crippen molar-refractivity contribution < 1.29 is 9.53 Å². The Labute approximate surface area is 113 Å². The van der Waals surface area contributed by atoms with Crippen LogP contribution in [-0.4, -0.2) is 30.9 Å². The zero-order valence-electron chi connectivity index (χ0n) is 9.48. The normalized spacial score (nSPS) is 17.0. The van der Waals surface area contributed by atoms with Crippen molar-refractivity contribution in [3.8, 4) is 0 Å². The van der Waals surface area contributed by atoms with Crippen LogP contribution in [0.25, 0.3) is 0 Å². The maximum atomic E-state index is 11.6. The number of esters is 1. The van der Waals surface area contributed by atoms with Gasteiger partial charge in [0.1, 0.15) is 0 Å². The Morgan fingerprint density at radius 2 is 2.06 bits per heavy atom. The highest BCUT2D eigenvalue weighted by molar-refractivity contribution is 14.1. The molecule has 0 amide bonds. The topological polar surface area (TPSA) is 41.9 Å². The number of aliphatic imine (C=N–C) groups is 1. The van der Waals surface area contributed by atoms with E-state index >= 15 is 0 Å². The standard InChI is InChI=1S/C12H11IN2O2/c1-15(2)7-10-12(16)17-11(14-10)8-5-3-4-6-9(8)13/h3-7H,1-2H3/b10-7+. The van der Waals surface area contributed by atoms with Crippen molar-refractivity contribution in [3.05, 3.63) is 45.3 Å². The third kappa shape index (κ3) is 2.66. The van der Waals surface area contributed by atoms with Gasteiger partial charge in [0.2, 0.25) is 5.90 Å². The van der Waals surface area contributed by atoms with Crippen LogP contribution in [0.1, 0.15) is 5.56 Å². The van der Waals surface area contributed by atoms with Gasteiger partial charge in [-0.2, -0.15) is 0 Å². The molecule has 0 bridgehead atoms. The summed E-state index contributed by atoms with van der Waals surface area (Å²) in [7, 11) is 3.67. The first-order valence-corrected chi connectivity index (χ1v) is 6.10. The fourth-order valence-electron chi connectivity index (χ4n) is 1.39. The van der Waals surface area contributed by atoms with Gasteiger partial charge in [-0.1, -0.05) is 12.1 Å². The van der Waals surface area contributed by atoms with Crippen LogP contribution in [-0.2, 0) is 9.53 Å². The van der Waals surface area contributed by atoms with E-state index in [9.17, 15) is 4.79 Å². The Hall–Kier alpha value is -1.37. The van der Waals surface area contributed by atoms with Crippen LogP contribution in [0.15, 0.2) is 41.2 Å². The van der Waals surface area contributed by atoms with Gasteiger partial charge in [0.25, 0.3) is 0 Å². The molecule has 1 aromatic carbocycles. The van der Waals surface area contributed by atoms with E-state index in [-0.39, 0.29) is 0 Å². The highest BCUT2D eigenvalue weighted by atomic mass is 127. The number of cyclic esters (lactones) is 1. The van der Waals surface area contributed by atoms with E-state index < -0.39 is 5.97 Å². The highest BCUT2D eigenvalue weighted by Gasteiger charge is 2.25. The molecule has 1 aromatic rings. The number of halogens is 1. The zero-order valence-corrected chi connectivity index (χ0v) is 11.6. The summed E-state index contributed by atoms with van der Waals surface area (Å²) in [5.41, 5.74) is 1.16. The quantitative estimate of drug-likeness (QED) is 0.469. The number of carbonyl (C=O) groups excluding carboxylic acids is 1. The van der Waals surface area contributed by atoms with E-state index in [1.807, 2.05) is 38.4 Å². The number of benzene rings is 1. The smallest absolute Gasteiger partial charge is 0.365 e. The van der Waals surface area contributed by atoms with Gasteiger partial charge >= 0.3 is 5.97 Å². The fraction of sp³-hybridized carbons (Fsp3) is 0.167. The second-order valence-electron chi connectivity index (χ2n) is 3.76. The van der Waals surface area contributed by atoms with E-state index in [0.29, 0.717) is 11.6 Å². The molecule has 1 aliphatic rings. The number of carbonyl (C=O) groups is 1. The SMILES string of the molecule is CN(C)/C=C1/N=C(c2ccccc2I)OC1=O. The summed E-state index contributed by atoms with van der Waals surface area (Å²) in [6.07, 6.45) is 1.64. The van der Waals surface area contributed by atoms with E-state index in [1.165, 1.54) is 0 Å². The van der Waals surface area contributed by atoms with Crippen LogP contribution in [0.5, 0.6) is 0 Å². The minimum absolute atomic E-state index is 0.324. The molecule has 1 heterocycles. The van der Waals surface area contributed by atoms with Crippen molar-refractivity contribution in [1.29, 1.82) is 0 Å². The summed E-state index contributed by atoms with van der Waals surface area (Å²) in [6, 6.07) is 7.65. The van der Waals surface area contributed by atoms with Crippen molar-refractivity contribution in [2.75, 3.05) is 14.1 Å². The molecule has 0 atom stereocenters. The molecule has 0 saturated heterocycles. The Bertz CT molecular complexity index is 521. The maximum absolute atomic E-state index is 11.6. The van der Waals surface area contributed by atoms with Gasteiger partial charge in [0.15, 0.2) is 5.70 Å².